The van der Waals surface area contributed by atoms with Gasteiger partial charge < -0.3 is 15.7 Å². The second kappa shape index (κ2) is 7.63. The van der Waals surface area contributed by atoms with Crippen LogP contribution in [-0.4, -0.2) is 41.1 Å². The molecule has 0 fully saturated rings. The number of rotatable bonds is 8. The smallest absolute Gasteiger partial charge is 0.222 e. The van der Waals surface area contributed by atoms with E-state index in [4.69, 9.17) is 5.73 Å². The summed E-state index contributed by atoms with van der Waals surface area (Å²) in [7, 11) is 0. The van der Waals surface area contributed by atoms with Gasteiger partial charge in [0, 0.05) is 19.5 Å². The first-order valence-electron chi connectivity index (χ1n) is 6.11. The van der Waals surface area contributed by atoms with Gasteiger partial charge in [-0.1, -0.05) is 6.42 Å². The van der Waals surface area contributed by atoms with E-state index in [0.717, 1.165) is 19.3 Å². The molecule has 16 heavy (non-hydrogen) atoms. The standard InChI is InChI=1S/C12H26N2O2/c1-4-14(10-12(2,3)16)11(15)8-6-5-7-9-13/h16H,4-10,13H2,1-3H3. The van der Waals surface area contributed by atoms with E-state index >= 15 is 0 Å². The average Bonchev–Trinajstić information content (AvgIpc) is 2.19. The van der Waals surface area contributed by atoms with E-state index in [0.29, 0.717) is 26.1 Å². The van der Waals surface area contributed by atoms with Gasteiger partial charge >= 0.3 is 0 Å². The second-order valence-electron chi connectivity index (χ2n) is 4.82. The van der Waals surface area contributed by atoms with Gasteiger partial charge in [-0.15, -0.1) is 0 Å². The maximum Gasteiger partial charge on any atom is 0.222 e. The molecule has 4 nitrogen and oxygen atoms in total. The van der Waals surface area contributed by atoms with Crippen LogP contribution in [0.15, 0.2) is 0 Å². The summed E-state index contributed by atoms with van der Waals surface area (Å²) >= 11 is 0. The van der Waals surface area contributed by atoms with Gasteiger partial charge in [0.25, 0.3) is 0 Å². The number of amides is 1. The third-order valence-corrected chi connectivity index (χ3v) is 2.41. The Labute approximate surface area is 98.8 Å². The number of carbonyl (C=O) groups excluding carboxylic acids is 1. The second-order valence-corrected chi connectivity index (χ2v) is 4.82. The topological polar surface area (TPSA) is 66.6 Å². The number of unbranched alkanes of at least 4 members (excludes halogenated alkanes) is 2. The third-order valence-electron chi connectivity index (χ3n) is 2.41. The summed E-state index contributed by atoms with van der Waals surface area (Å²) in [6.07, 6.45) is 3.43. The Hall–Kier alpha value is -0.610. The average molecular weight is 230 g/mol. The molecule has 0 aromatic carbocycles. The minimum Gasteiger partial charge on any atom is -0.389 e. The van der Waals surface area contributed by atoms with Crippen molar-refractivity contribution in [3.63, 3.8) is 0 Å². The molecule has 0 aliphatic rings. The van der Waals surface area contributed by atoms with Crippen molar-refractivity contribution in [2.75, 3.05) is 19.6 Å². The van der Waals surface area contributed by atoms with Gasteiger partial charge in [-0.25, -0.2) is 0 Å². The van der Waals surface area contributed by atoms with Crippen LogP contribution in [0.4, 0.5) is 0 Å². The summed E-state index contributed by atoms with van der Waals surface area (Å²) in [5, 5.41) is 9.67. The van der Waals surface area contributed by atoms with Gasteiger partial charge in [0.05, 0.1) is 5.60 Å². The molecular weight excluding hydrogens is 204 g/mol. The highest BCUT2D eigenvalue weighted by molar-refractivity contribution is 5.76. The van der Waals surface area contributed by atoms with Crippen LogP contribution in [0.3, 0.4) is 0 Å². The molecular formula is C12H26N2O2. The van der Waals surface area contributed by atoms with Crippen molar-refractivity contribution in [1.29, 1.82) is 0 Å². The van der Waals surface area contributed by atoms with Crippen LogP contribution in [0.2, 0.25) is 0 Å². The van der Waals surface area contributed by atoms with E-state index < -0.39 is 5.60 Å². The SMILES string of the molecule is CCN(CC(C)(C)O)C(=O)CCCCCN. The lowest BCUT2D eigenvalue weighted by molar-refractivity contribution is -0.134. The summed E-state index contributed by atoms with van der Waals surface area (Å²) in [5.74, 6) is 0.127. The van der Waals surface area contributed by atoms with Crippen LogP contribution in [0.1, 0.15) is 46.5 Å². The quantitative estimate of drug-likeness (QED) is 0.614. The molecule has 0 spiro atoms. The summed E-state index contributed by atoms with van der Waals surface area (Å²) in [5.41, 5.74) is 4.57. The Balaban J connectivity index is 3.92. The molecule has 0 aliphatic heterocycles. The number of nitrogens with two attached hydrogens (primary N) is 1. The van der Waals surface area contributed by atoms with Crippen molar-refractivity contribution in [2.24, 2.45) is 5.73 Å². The number of nitrogens with zero attached hydrogens (tertiary/aromatic N) is 1. The van der Waals surface area contributed by atoms with Crippen molar-refractivity contribution in [3.8, 4) is 0 Å². The summed E-state index contributed by atoms with van der Waals surface area (Å²) in [6.45, 7) is 7.12. The minimum absolute atomic E-state index is 0.127. The first kappa shape index (κ1) is 15.4. The number of aliphatic hydroxyl groups is 1. The lowest BCUT2D eigenvalue weighted by atomic mass is 10.1. The van der Waals surface area contributed by atoms with Gasteiger partial charge in [0.15, 0.2) is 0 Å². The van der Waals surface area contributed by atoms with E-state index in [2.05, 4.69) is 0 Å². The van der Waals surface area contributed by atoms with Crippen molar-refractivity contribution < 1.29 is 9.90 Å². The maximum atomic E-state index is 11.8. The highest BCUT2D eigenvalue weighted by Crippen LogP contribution is 2.08. The van der Waals surface area contributed by atoms with Crippen LogP contribution in [0.25, 0.3) is 0 Å². The predicted molar refractivity (Wildman–Crippen MR) is 66.1 cm³/mol. The molecule has 3 N–H and O–H groups in total. The fourth-order valence-electron chi connectivity index (χ4n) is 1.60. The molecule has 0 rings (SSSR count). The zero-order valence-electron chi connectivity index (χ0n) is 10.8. The maximum absolute atomic E-state index is 11.8. The molecule has 4 heteroatoms. The Morgan fingerprint density at radius 2 is 1.94 bits per heavy atom. The molecule has 0 bridgehead atoms. The van der Waals surface area contributed by atoms with E-state index in [9.17, 15) is 9.90 Å². The largest absolute Gasteiger partial charge is 0.389 e. The lowest BCUT2D eigenvalue weighted by Crippen LogP contribution is -2.42. The van der Waals surface area contributed by atoms with E-state index in [1.54, 1.807) is 18.7 Å². The minimum atomic E-state index is -0.817. The molecule has 0 aliphatic carbocycles. The predicted octanol–water partition coefficient (Wildman–Crippen LogP) is 1.12. The fraction of sp³-hybridized carbons (Fsp3) is 0.917. The Bertz CT molecular complexity index is 200. The van der Waals surface area contributed by atoms with E-state index in [-0.39, 0.29) is 5.91 Å². The summed E-state index contributed by atoms with van der Waals surface area (Å²) < 4.78 is 0. The van der Waals surface area contributed by atoms with Crippen LogP contribution in [0.5, 0.6) is 0 Å². The molecule has 0 unspecified atom stereocenters. The molecule has 0 heterocycles. The molecule has 0 aromatic rings. The number of hydrogen-bond acceptors (Lipinski definition) is 3. The summed E-state index contributed by atoms with van der Waals surface area (Å²) in [6, 6.07) is 0. The molecule has 0 saturated heterocycles. The van der Waals surface area contributed by atoms with Gasteiger partial charge in [0.2, 0.25) is 5.91 Å². The first-order chi connectivity index (χ1) is 7.40. The van der Waals surface area contributed by atoms with Crippen LogP contribution < -0.4 is 5.73 Å². The molecule has 0 radical (unpaired) electrons. The molecule has 96 valence electrons. The normalized spacial score (nSPS) is 11.6. The first-order valence-corrected chi connectivity index (χ1v) is 6.11. The molecule has 1 amide bonds. The molecule has 0 atom stereocenters. The van der Waals surface area contributed by atoms with Crippen molar-refractivity contribution in [2.45, 2.75) is 52.1 Å². The Morgan fingerprint density at radius 3 is 2.38 bits per heavy atom. The van der Waals surface area contributed by atoms with Gasteiger partial charge in [-0.3, -0.25) is 4.79 Å². The third kappa shape index (κ3) is 7.65. The zero-order valence-corrected chi connectivity index (χ0v) is 10.8. The monoisotopic (exact) mass is 230 g/mol. The molecule has 0 saturated carbocycles. The highest BCUT2D eigenvalue weighted by atomic mass is 16.3. The van der Waals surface area contributed by atoms with E-state index in [1.165, 1.54) is 0 Å². The summed E-state index contributed by atoms with van der Waals surface area (Å²) in [4.78, 5) is 13.5. The van der Waals surface area contributed by atoms with Crippen molar-refractivity contribution >= 4 is 5.91 Å². The van der Waals surface area contributed by atoms with Gasteiger partial charge in [0.1, 0.15) is 0 Å². The number of likely N-dealkylation sites (N-methyl/N-ethyl adjacent to an activating group) is 1. The van der Waals surface area contributed by atoms with Crippen LogP contribution in [0, 0.1) is 0 Å². The Morgan fingerprint density at radius 1 is 1.31 bits per heavy atom. The number of hydrogen-bond donors (Lipinski definition) is 2. The van der Waals surface area contributed by atoms with E-state index in [1.807, 2.05) is 6.92 Å². The van der Waals surface area contributed by atoms with Gasteiger partial charge in [-0.05, 0) is 40.2 Å². The highest BCUT2D eigenvalue weighted by Gasteiger charge is 2.20. The fourth-order valence-corrected chi connectivity index (χ4v) is 1.60. The zero-order chi connectivity index (χ0) is 12.6. The lowest BCUT2D eigenvalue weighted by Gasteiger charge is -2.28. The molecule has 0 aromatic heterocycles. The Kier molecular flexibility index (Phi) is 7.34. The number of carbonyl (C=O) groups is 1. The van der Waals surface area contributed by atoms with Crippen molar-refractivity contribution in [3.05, 3.63) is 0 Å². The van der Waals surface area contributed by atoms with Gasteiger partial charge in [-0.2, -0.15) is 0 Å². The van der Waals surface area contributed by atoms with Crippen molar-refractivity contribution in [1.82, 2.24) is 4.90 Å². The van der Waals surface area contributed by atoms with Crippen LogP contribution in [-0.2, 0) is 4.79 Å². The van der Waals surface area contributed by atoms with Crippen LogP contribution >= 0.6 is 0 Å².